The molecular weight excluding hydrogens is 318 g/mol. The molecule has 0 saturated carbocycles. The summed E-state index contributed by atoms with van der Waals surface area (Å²) in [6.07, 6.45) is 0.489. The van der Waals surface area contributed by atoms with Gasteiger partial charge in [0.25, 0.3) is 0 Å². The lowest BCUT2D eigenvalue weighted by Gasteiger charge is -2.07. The Morgan fingerprint density at radius 2 is 1.91 bits per heavy atom. The normalized spacial score (nSPS) is 11.9. The van der Waals surface area contributed by atoms with Gasteiger partial charge in [0.05, 0.1) is 0 Å². The van der Waals surface area contributed by atoms with Crippen molar-refractivity contribution in [2.45, 2.75) is 19.8 Å². The maximum atomic E-state index is 10.8. The van der Waals surface area contributed by atoms with E-state index in [1.165, 1.54) is 0 Å². The molecule has 2 N–H and O–H groups in total. The molecule has 2 aromatic heterocycles. The van der Waals surface area contributed by atoms with Crippen LogP contribution in [0.5, 0.6) is 5.75 Å². The molecule has 0 fully saturated rings. The number of benzene rings is 2. The van der Waals surface area contributed by atoms with Crippen LogP contribution in [0.3, 0.4) is 0 Å². The lowest BCUT2D eigenvalue weighted by Crippen LogP contribution is -1.99. The lowest BCUT2D eigenvalue weighted by molar-refractivity contribution is -0.136. The maximum absolute atomic E-state index is 10.8. The van der Waals surface area contributed by atoms with E-state index in [0.717, 1.165) is 22.2 Å². The van der Waals surface area contributed by atoms with Crippen molar-refractivity contribution in [3.8, 4) is 11.4 Å². The number of hydrogen-bond acceptors (Lipinski definition) is 2. The number of carboxylic acid groups (broad SMARTS) is 1. The van der Waals surface area contributed by atoms with E-state index in [-0.39, 0.29) is 12.2 Å². The number of phenolic OH excluding ortho intramolecular Hbond substituents is 1. The van der Waals surface area contributed by atoms with Crippen LogP contribution in [0.2, 0.25) is 5.02 Å². The minimum absolute atomic E-state index is 0.0624. The Labute approximate surface area is 136 Å². The predicted octanol–water partition coefficient (Wildman–Crippen LogP) is 3.11. The molecule has 0 aliphatic carbocycles. The number of aromatic nitrogens is 3. The fourth-order valence-electron chi connectivity index (χ4n) is 2.90. The number of aryl methyl sites for hydroxylation is 2. The average molecular weight is 332 g/mol. The van der Waals surface area contributed by atoms with E-state index in [1.807, 2.05) is 51.3 Å². The number of aliphatic carboxylic acids is 1. The number of aromatic hydroxyl groups is 1. The van der Waals surface area contributed by atoms with Gasteiger partial charge >= 0.3 is 5.97 Å². The van der Waals surface area contributed by atoms with E-state index in [2.05, 4.69) is 0 Å². The summed E-state index contributed by atoms with van der Waals surface area (Å²) in [6.45, 7) is 1.81. The third-order valence-corrected chi connectivity index (χ3v) is 4.29. The summed E-state index contributed by atoms with van der Waals surface area (Å²) in [6, 6.07) is 9.26. The highest BCUT2D eigenvalue weighted by atomic mass is 35.5. The lowest BCUT2D eigenvalue weighted by atomic mass is 10.0. The molecule has 4 aromatic rings. The van der Waals surface area contributed by atoms with Gasteiger partial charge in [-0.3, -0.25) is 4.79 Å². The molecule has 0 bridgehead atoms. The molecule has 0 aliphatic heterocycles. The number of carbonyl (C=O) groups is 1. The number of rotatable bonds is 4. The van der Waals surface area contributed by atoms with Crippen molar-refractivity contribution >= 4 is 28.6 Å². The van der Waals surface area contributed by atoms with Gasteiger partial charge < -0.3 is 10.2 Å². The van der Waals surface area contributed by atoms with Gasteiger partial charge in [-0.25, -0.2) is 0 Å². The van der Waals surface area contributed by atoms with Gasteiger partial charge in [0.15, 0.2) is 0 Å². The standard InChI is InChI=1S/C16H14ClN3O3/c1-9-6-10(2-5-15(21)22)7-14(16(9)23)20-18-12-4-3-11(17)8-13(12)19(18)20/h3-4,6-8,23H,2,5H2,1H3,(H,21,22). The molecule has 7 heteroatoms. The predicted molar refractivity (Wildman–Crippen MR) is 86.2 cm³/mol. The van der Waals surface area contributed by atoms with Gasteiger partial charge in [-0.1, -0.05) is 17.7 Å². The monoisotopic (exact) mass is 331 g/mol. The highest BCUT2D eigenvalue weighted by molar-refractivity contribution is 6.31. The topological polar surface area (TPSA) is 71.3 Å². The van der Waals surface area contributed by atoms with E-state index < -0.39 is 5.97 Å². The summed E-state index contributed by atoms with van der Waals surface area (Å²) >= 11 is 6.01. The zero-order valence-corrected chi connectivity index (χ0v) is 13.1. The molecule has 23 heavy (non-hydrogen) atoms. The van der Waals surface area contributed by atoms with Crippen molar-refractivity contribution in [2.75, 3.05) is 0 Å². The fourth-order valence-corrected chi connectivity index (χ4v) is 3.07. The fraction of sp³-hybridized carbons (Fsp3) is 0.188. The summed E-state index contributed by atoms with van der Waals surface area (Å²) in [7, 11) is 0. The van der Waals surface area contributed by atoms with Gasteiger partial charge in [-0.05, 0) is 48.7 Å². The van der Waals surface area contributed by atoms with Gasteiger partial charge in [-0.15, -0.1) is 14.1 Å². The summed E-state index contributed by atoms with van der Waals surface area (Å²) < 4.78 is 3.82. The van der Waals surface area contributed by atoms with Crippen molar-refractivity contribution in [1.29, 1.82) is 0 Å². The van der Waals surface area contributed by atoms with E-state index in [4.69, 9.17) is 16.7 Å². The molecule has 4 rings (SSSR count). The van der Waals surface area contributed by atoms with E-state index in [1.54, 1.807) is 0 Å². The van der Waals surface area contributed by atoms with Gasteiger partial charge in [-0.2, -0.15) is 0 Å². The summed E-state index contributed by atoms with van der Waals surface area (Å²) in [5.41, 5.74) is 4.23. The maximum Gasteiger partial charge on any atom is 0.303 e. The van der Waals surface area contributed by atoms with Crippen LogP contribution in [-0.2, 0) is 11.2 Å². The molecule has 0 radical (unpaired) electrons. The molecule has 0 saturated heterocycles. The van der Waals surface area contributed by atoms with Crippen LogP contribution in [-0.4, -0.2) is 30.2 Å². The Kier molecular flexibility index (Phi) is 2.86. The van der Waals surface area contributed by atoms with Gasteiger partial charge in [0.2, 0.25) is 0 Å². The van der Waals surface area contributed by atoms with E-state index in [0.29, 0.717) is 17.1 Å². The number of fused-ring (bicyclic) bond motifs is 4. The van der Waals surface area contributed by atoms with Crippen molar-refractivity contribution in [3.63, 3.8) is 0 Å². The Morgan fingerprint density at radius 1 is 1.17 bits per heavy atom. The first-order valence-corrected chi connectivity index (χ1v) is 7.59. The zero-order chi connectivity index (χ0) is 16.3. The quantitative estimate of drug-likeness (QED) is 0.603. The molecule has 0 spiro atoms. The van der Waals surface area contributed by atoms with Crippen LogP contribution >= 0.6 is 11.6 Å². The van der Waals surface area contributed by atoms with Crippen LogP contribution in [0, 0.1) is 6.92 Å². The smallest absolute Gasteiger partial charge is 0.303 e. The molecule has 0 atom stereocenters. The third kappa shape index (κ3) is 2.06. The number of phenols is 1. The van der Waals surface area contributed by atoms with Crippen molar-refractivity contribution in [1.82, 2.24) is 14.1 Å². The number of halogens is 1. The van der Waals surface area contributed by atoms with Gasteiger partial charge in [0, 0.05) is 11.4 Å². The first kappa shape index (κ1) is 14.0. The second-order valence-corrected chi connectivity index (χ2v) is 6.11. The van der Waals surface area contributed by atoms with Crippen molar-refractivity contribution in [3.05, 3.63) is 46.5 Å². The van der Waals surface area contributed by atoms with E-state index in [9.17, 15) is 9.90 Å². The zero-order valence-electron chi connectivity index (χ0n) is 12.3. The minimum Gasteiger partial charge on any atom is -0.505 e. The van der Waals surface area contributed by atoms with Crippen molar-refractivity contribution in [2.24, 2.45) is 0 Å². The Bertz CT molecular complexity index is 1040. The van der Waals surface area contributed by atoms with E-state index >= 15 is 0 Å². The second kappa shape index (κ2) is 4.70. The van der Waals surface area contributed by atoms with Crippen molar-refractivity contribution < 1.29 is 15.0 Å². The highest BCUT2D eigenvalue weighted by Crippen LogP contribution is 2.34. The Hall–Kier alpha value is -2.60. The van der Waals surface area contributed by atoms with Crippen LogP contribution in [0.25, 0.3) is 16.7 Å². The third-order valence-electron chi connectivity index (χ3n) is 4.06. The summed E-state index contributed by atoms with van der Waals surface area (Å²) in [5.74, 6) is -0.644. The minimum atomic E-state index is -0.835. The average Bonchev–Trinajstić information content (AvgIpc) is 3.15. The number of carboxylic acids is 1. The largest absolute Gasteiger partial charge is 0.505 e. The molecule has 2 aromatic carbocycles. The molecular formula is C16H14ClN3O3. The number of nitrogens with zero attached hydrogens (tertiary/aromatic N) is 3. The summed E-state index contributed by atoms with van der Waals surface area (Å²) in [4.78, 5) is 12.6. The van der Waals surface area contributed by atoms with Crippen LogP contribution in [0.1, 0.15) is 17.5 Å². The highest BCUT2D eigenvalue weighted by Gasteiger charge is 2.26. The Morgan fingerprint density at radius 3 is 2.65 bits per heavy atom. The summed E-state index contributed by atoms with van der Waals surface area (Å²) in [5, 5.41) is 19.9. The van der Waals surface area contributed by atoms with Crippen LogP contribution < -0.4 is 0 Å². The molecule has 2 heterocycles. The van der Waals surface area contributed by atoms with Crippen LogP contribution in [0.4, 0.5) is 0 Å². The Balaban J connectivity index is 1.80. The first-order valence-electron chi connectivity index (χ1n) is 7.21. The SMILES string of the molecule is Cc1cc(CCC(=O)O)cc(-n2n3c4ccc(Cl)cc4n23)c1O. The molecule has 0 unspecified atom stereocenters. The number of hydrogen-bond donors (Lipinski definition) is 2. The molecule has 0 amide bonds. The molecule has 0 aliphatic rings. The molecule has 6 nitrogen and oxygen atoms in total. The first-order chi connectivity index (χ1) is 11.0. The van der Waals surface area contributed by atoms with Gasteiger partial charge in [0.1, 0.15) is 22.5 Å². The van der Waals surface area contributed by atoms with Crippen LogP contribution in [0.15, 0.2) is 30.3 Å². The molecule has 118 valence electrons. The second-order valence-electron chi connectivity index (χ2n) is 5.68.